The van der Waals surface area contributed by atoms with Crippen LogP contribution < -0.4 is 15.6 Å². The third-order valence-electron chi connectivity index (χ3n) is 4.65. The smallest absolute Gasteiger partial charge is 0.274 e. The fraction of sp³-hybridized carbons (Fsp3) is 0.263. The topological polar surface area (TPSA) is 76.1 Å². The zero-order chi connectivity index (χ0) is 17.4. The molecule has 0 radical (unpaired) electrons. The third-order valence-corrected chi connectivity index (χ3v) is 4.65. The average molecular weight is 337 g/mol. The predicted octanol–water partition coefficient (Wildman–Crippen LogP) is 1.85. The molecule has 0 fully saturated rings. The van der Waals surface area contributed by atoms with E-state index < -0.39 is 0 Å². The summed E-state index contributed by atoms with van der Waals surface area (Å²) in [5.41, 5.74) is 1.97. The summed E-state index contributed by atoms with van der Waals surface area (Å²) in [6.45, 7) is 1.12. The highest BCUT2D eigenvalue weighted by atomic mass is 16.5. The number of para-hydroxylation sites is 1. The van der Waals surface area contributed by atoms with Crippen LogP contribution in [-0.4, -0.2) is 28.6 Å². The van der Waals surface area contributed by atoms with E-state index >= 15 is 0 Å². The highest BCUT2D eigenvalue weighted by molar-refractivity contribution is 6.05. The maximum Gasteiger partial charge on any atom is 0.274 e. The predicted molar refractivity (Wildman–Crippen MR) is 95.0 cm³/mol. The van der Waals surface area contributed by atoms with Gasteiger partial charge in [0.15, 0.2) is 0 Å². The number of aryl methyl sites for hydroxylation is 1. The van der Waals surface area contributed by atoms with Gasteiger partial charge in [0.25, 0.3) is 11.5 Å². The summed E-state index contributed by atoms with van der Waals surface area (Å²) >= 11 is 0. The number of hydrogen-bond donors (Lipinski definition) is 2. The fourth-order valence-corrected chi connectivity index (χ4v) is 3.30. The van der Waals surface area contributed by atoms with Gasteiger partial charge < -0.3 is 19.6 Å². The molecule has 2 N–H and O–H groups in total. The summed E-state index contributed by atoms with van der Waals surface area (Å²) in [5.74, 6) is 0.976. The molecule has 1 aliphatic rings. The van der Waals surface area contributed by atoms with Gasteiger partial charge in [0, 0.05) is 37.3 Å². The number of ether oxygens (including phenoxy) is 1. The summed E-state index contributed by atoms with van der Waals surface area (Å²) in [4.78, 5) is 27.6. The largest absolute Gasteiger partial charge is 0.493 e. The fourth-order valence-electron chi connectivity index (χ4n) is 3.30. The van der Waals surface area contributed by atoms with Crippen molar-refractivity contribution in [2.45, 2.75) is 6.42 Å². The van der Waals surface area contributed by atoms with Crippen molar-refractivity contribution in [1.29, 1.82) is 0 Å². The highest BCUT2D eigenvalue weighted by Crippen LogP contribution is 2.26. The van der Waals surface area contributed by atoms with Crippen LogP contribution in [0.2, 0.25) is 0 Å². The van der Waals surface area contributed by atoms with Crippen LogP contribution in [-0.2, 0) is 13.5 Å². The first-order valence-electron chi connectivity index (χ1n) is 8.29. The van der Waals surface area contributed by atoms with Gasteiger partial charge in [-0.2, -0.15) is 0 Å². The Morgan fingerprint density at radius 3 is 3.08 bits per heavy atom. The molecule has 6 heteroatoms. The normalized spacial score (nSPS) is 16.3. The van der Waals surface area contributed by atoms with Crippen molar-refractivity contribution in [3.8, 4) is 5.75 Å². The molecule has 0 saturated carbocycles. The zero-order valence-corrected chi connectivity index (χ0v) is 13.9. The minimum atomic E-state index is -0.181. The molecule has 1 atom stereocenters. The minimum absolute atomic E-state index is 0.145. The number of amides is 1. The highest BCUT2D eigenvalue weighted by Gasteiger charge is 2.21. The van der Waals surface area contributed by atoms with Crippen LogP contribution in [0.4, 0.5) is 0 Å². The molecule has 0 spiro atoms. The van der Waals surface area contributed by atoms with Gasteiger partial charge in [-0.25, -0.2) is 0 Å². The molecule has 0 bridgehead atoms. The Hall–Kier alpha value is -3.02. The van der Waals surface area contributed by atoms with E-state index in [0.29, 0.717) is 29.6 Å². The van der Waals surface area contributed by atoms with Crippen LogP contribution in [0.15, 0.2) is 47.5 Å². The number of aromatic amines is 1. The number of rotatable bonds is 3. The van der Waals surface area contributed by atoms with E-state index in [4.69, 9.17) is 4.74 Å². The van der Waals surface area contributed by atoms with Gasteiger partial charge >= 0.3 is 0 Å². The lowest BCUT2D eigenvalue weighted by Gasteiger charge is -2.25. The van der Waals surface area contributed by atoms with E-state index in [1.165, 1.54) is 10.1 Å². The Morgan fingerprint density at radius 1 is 1.36 bits per heavy atom. The number of pyridine rings is 1. The lowest BCUT2D eigenvalue weighted by atomic mass is 9.96. The molecule has 1 aliphatic heterocycles. The molecular formula is C19H19N3O3. The molecule has 2 aromatic heterocycles. The number of fused-ring (bicyclic) bond motifs is 2. The van der Waals surface area contributed by atoms with Crippen LogP contribution in [0.25, 0.3) is 10.9 Å². The number of carbonyl (C=O) groups excluding carboxylic acids is 1. The summed E-state index contributed by atoms with van der Waals surface area (Å²) in [6, 6.07) is 9.74. The van der Waals surface area contributed by atoms with Gasteiger partial charge in [-0.3, -0.25) is 9.59 Å². The summed E-state index contributed by atoms with van der Waals surface area (Å²) in [7, 11) is 1.64. The molecule has 25 heavy (non-hydrogen) atoms. The van der Waals surface area contributed by atoms with Crippen molar-refractivity contribution in [1.82, 2.24) is 14.9 Å². The van der Waals surface area contributed by atoms with E-state index in [0.717, 1.165) is 12.2 Å². The summed E-state index contributed by atoms with van der Waals surface area (Å²) < 4.78 is 7.19. The molecule has 1 unspecified atom stereocenters. The third kappa shape index (κ3) is 2.80. The van der Waals surface area contributed by atoms with E-state index in [2.05, 4.69) is 16.4 Å². The lowest BCUT2D eigenvalue weighted by molar-refractivity contribution is 0.0940. The molecule has 6 nitrogen and oxygen atoms in total. The van der Waals surface area contributed by atoms with Crippen molar-refractivity contribution >= 4 is 16.8 Å². The van der Waals surface area contributed by atoms with Crippen molar-refractivity contribution in [3.63, 3.8) is 0 Å². The molecule has 1 aromatic carbocycles. The SMILES string of the molecule is Cn1cc(C(=O)NCC2COc3ccccc3C2)c2cc[nH]c2c1=O. The standard InChI is InChI=1S/C19H19N3O3/c1-22-10-15(14-6-7-20-17(14)19(22)24)18(23)21-9-12-8-13-4-2-3-5-16(13)25-11-12/h2-7,10,12,20H,8-9,11H2,1H3,(H,21,23). The Kier molecular flexibility index (Phi) is 3.80. The number of nitrogens with one attached hydrogen (secondary N) is 2. The number of H-pyrrole nitrogens is 1. The van der Waals surface area contributed by atoms with E-state index in [1.54, 1.807) is 25.5 Å². The summed E-state index contributed by atoms with van der Waals surface area (Å²) in [5, 5.41) is 3.62. The number of carbonyl (C=O) groups is 1. The molecule has 3 aromatic rings. The molecule has 1 amide bonds. The molecule has 4 rings (SSSR count). The first-order chi connectivity index (χ1) is 12.1. The maximum absolute atomic E-state index is 12.6. The van der Waals surface area contributed by atoms with Gasteiger partial charge in [-0.05, 0) is 24.1 Å². The molecule has 3 heterocycles. The second-order valence-corrected chi connectivity index (χ2v) is 6.42. The Bertz CT molecular complexity index is 1000. The lowest BCUT2D eigenvalue weighted by Crippen LogP contribution is -2.35. The van der Waals surface area contributed by atoms with Crippen molar-refractivity contribution in [2.75, 3.05) is 13.2 Å². The van der Waals surface area contributed by atoms with Crippen LogP contribution in [0, 0.1) is 5.92 Å². The Morgan fingerprint density at radius 2 is 2.20 bits per heavy atom. The van der Waals surface area contributed by atoms with Gasteiger partial charge in [-0.1, -0.05) is 18.2 Å². The number of benzene rings is 1. The monoisotopic (exact) mass is 337 g/mol. The van der Waals surface area contributed by atoms with Crippen LogP contribution in [0.5, 0.6) is 5.75 Å². The van der Waals surface area contributed by atoms with Crippen molar-refractivity contribution < 1.29 is 9.53 Å². The second-order valence-electron chi connectivity index (χ2n) is 6.42. The number of hydrogen-bond acceptors (Lipinski definition) is 3. The molecular weight excluding hydrogens is 318 g/mol. The van der Waals surface area contributed by atoms with Crippen LogP contribution in [0.3, 0.4) is 0 Å². The number of nitrogens with zero attached hydrogens (tertiary/aromatic N) is 1. The zero-order valence-electron chi connectivity index (χ0n) is 13.9. The first-order valence-corrected chi connectivity index (χ1v) is 8.29. The second kappa shape index (κ2) is 6.12. The van der Waals surface area contributed by atoms with Gasteiger partial charge in [0.2, 0.25) is 0 Å². The molecule has 128 valence electrons. The minimum Gasteiger partial charge on any atom is -0.493 e. The van der Waals surface area contributed by atoms with Gasteiger partial charge in [0.1, 0.15) is 11.3 Å². The van der Waals surface area contributed by atoms with E-state index in [-0.39, 0.29) is 17.4 Å². The number of aromatic nitrogens is 2. The van der Waals surface area contributed by atoms with Crippen LogP contribution >= 0.6 is 0 Å². The van der Waals surface area contributed by atoms with Crippen molar-refractivity contribution in [3.05, 3.63) is 64.2 Å². The van der Waals surface area contributed by atoms with Crippen LogP contribution in [0.1, 0.15) is 15.9 Å². The Labute approximate surface area is 144 Å². The van der Waals surface area contributed by atoms with E-state index in [1.807, 2.05) is 18.2 Å². The van der Waals surface area contributed by atoms with Crippen molar-refractivity contribution in [2.24, 2.45) is 13.0 Å². The first kappa shape index (κ1) is 15.5. The Balaban J connectivity index is 1.50. The quantitative estimate of drug-likeness (QED) is 0.766. The van der Waals surface area contributed by atoms with E-state index in [9.17, 15) is 9.59 Å². The van der Waals surface area contributed by atoms with Gasteiger partial charge in [-0.15, -0.1) is 0 Å². The molecule has 0 aliphatic carbocycles. The average Bonchev–Trinajstić information content (AvgIpc) is 3.12. The molecule has 0 saturated heterocycles. The summed E-state index contributed by atoms with van der Waals surface area (Å²) in [6.07, 6.45) is 4.14. The van der Waals surface area contributed by atoms with Gasteiger partial charge in [0.05, 0.1) is 12.2 Å². The maximum atomic E-state index is 12.6.